The maximum atomic E-state index is 13.0. The van der Waals surface area contributed by atoms with E-state index < -0.39 is 17.7 Å². The van der Waals surface area contributed by atoms with Gasteiger partial charge in [-0.3, -0.25) is 14.6 Å². The highest BCUT2D eigenvalue weighted by Crippen LogP contribution is 2.41. The number of pyridine rings is 1. The van der Waals surface area contributed by atoms with Crippen LogP contribution in [0.1, 0.15) is 35.9 Å². The summed E-state index contributed by atoms with van der Waals surface area (Å²) in [5.41, 5.74) is 1.36. The van der Waals surface area contributed by atoms with Crippen LogP contribution in [-0.2, 0) is 16.1 Å². The molecule has 6 nitrogen and oxygen atoms in total. The number of thiophene rings is 1. The molecule has 3 aromatic rings. The monoisotopic (exact) mass is 448 g/mol. The Hall–Kier alpha value is -3.45. The van der Waals surface area contributed by atoms with Gasteiger partial charge in [-0.1, -0.05) is 26.0 Å². The SMILES string of the molecule is CC(C)COc1ccc(C(O)=C2C(=O)C(=O)N(Cc3cccnc3)[C@H]2c2cccs2)cc1. The van der Waals surface area contributed by atoms with Gasteiger partial charge >= 0.3 is 0 Å². The second-order valence-corrected chi connectivity index (χ2v) is 9.01. The van der Waals surface area contributed by atoms with Crippen molar-refractivity contribution in [3.63, 3.8) is 0 Å². The number of aliphatic hydroxyl groups excluding tert-OH is 1. The third kappa shape index (κ3) is 4.43. The van der Waals surface area contributed by atoms with Crippen LogP contribution in [0.15, 0.2) is 71.9 Å². The van der Waals surface area contributed by atoms with Gasteiger partial charge in [0.2, 0.25) is 0 Å². The summed E-state index contributed by atoms with van der Waals surface area (Å²) in [6, 6.07) is 13.6. The number of Topliss-reactive ketones (excluding diaryl/α,β-unsaturated/α-hetero) is 1. The van der Waals surface area contributed by atoms with E-state index in [2.05, 4.69) is 18.8 Å². The topological polar surface area (TPSA) is 79.7 Å². The van der Waals surface area contributed by atoms with Crippen molar-refractivity contribution < 1.29 is 19.4 Å². The van der Waals surface area contributed by atoms with Crippen LogP contribution in [0.5, 0.6) is 5.75 Å². The summed E-state index contributed by atoms with van der Waals surface area (Å²) < 4.78 is 5.70. The summed E-state index contributed by atoms with van der Waals surface area (Å²) in [5, 5.41) is 13.0. The molecule has 164 valence electrons. The fraction of sp³-hybridized carbons (Fsp3) is 0.240. The number of rotatable bonds is 7. The molecule has 32 heavy (non-hydrogen) atoms. The van der Waals surface area contributed by atoms with Crippen molar-refractivity contribution >= 4 is 28.8 Å². The molecule has 1 saturated heterocycles. The number of hydrogen-bond acceptors (Lipinski definition) is 6. The van der Waals surface area contributed by atoms with Crippen molar-refractivity contribution in [2.24, 2.45) is 5.92 Å². The molecule has 0 bridgehead atoms. The maximum Gasteiger partial charge on any atom is 0.295 e. The highest BCUT2D eigenvalue weighted by Gasteiger charge is 2.46. The Morgan fingerprint density at radius 2 is 1.94 bits per heavy atom. The highest BCUT2D eigenvalue weighted by atomic mass is 32.1. The third-order valence-corrected chi connectivity index (χ3v) is 6.06. The van der Waals surface area contributed by atoms with Gasteiger partial charge in [-0.25, -0.2) is 0 Å². The van der Waals surface area contributed by atoms with Gasteiger partial charge in [0.25, 0.3) is 11.7 Å². The van der Waals surface area contributed by atoms with E-state index in [9.17, 15) is 14.7 Å². The predicted octanol–water partition coefficient (Wildman–Crippen LogP) is 4.80. The molecule has 3 heterocycles. The Morgan fingerprint density at radius 1 is 1.16 bits per heavy atom. The lowest BCUT2D eigenvalue weighted by Gasteiger charge is -2.24. The van der Waals surface area contributed by atoms with Gasteiger partial charge in [-0.15, -0.1) is 11.3 Å². The Labute approximate surface area is 190 Å². The van der Waals surface area contributed by atoms with Gasteiger partial charge in [0.15, 0.2) is 0 Å². The molecule has 4 rings (SSSR count). The van der Waals surface area contributed by atoms with Crippen molar-refractivity contribution in [1.29, 1.82) is 0 Å². The van der Waals surface area contributed by atoms with Gasteiger partial charge in [-0.05, 0) is 53.3 Å². The number of nitrogens with zero attached hydrogens (tertiary/aromatic N) is 2. The van der Waals surface area contributed by atoms with Crippen molar-refractivity contribution in [1.82, 2.24) is 9.88 Å². The number of carbonyl (C=O) groups is 2. The number of aromatic nitrogens is 1. The van der Waals surface area contributed by atoms with Crippen molar-refractivity contribution in [2.75, 3.05) is 6.61 Å². The molecule has 1 N–H and O–H groups in total. The smallest absolute Gasteiger partial charge is 0.295 e. The Bertz CT molecular complexity index is 1120. The van der Waals surface area contributed by atoms with E-state index in [-0.39, 0.29) is 17.9 Å². The molecule has 1 amide bonds. The summed E-state index contributed by atoms with van der Waals surface area (Å²) in [7, 11) is 0. The molecule has 2 aromatic heterocycles. The average Bonchev–Trinajstić information content (AvgIpc) is 3.41. The summed E-state index contributed by atoms with van der Waals surface area (Å²) in [4.78, 5) is 32.4. The van der Waals surface area contributed by atoms with Gasteiger partial charge < -0.3 is 14.7 Å². The van der Waals surface area contributed by atoms with Gasteiger partial charge in [-0.2, -0.15) is 0 Å². The first kappa shape index (κ1) is 21.8. The summed E-state index contributed by atoms with van der Waals surface area (Å²) in [6.45, 7) is 4.94. The van der Waals surface area contributed by atoms with E-state index >= 15 is 0 Å². The molecule has 0 saturated carbocycles. The average molecular weight is 449 g/mol. The quantitative estimate of drug-likeness (QED) is 0.319. The molecule has 1 aromatic carbocycles. The van der Waals surface area contributed by atoms with E-state index in [1.54, 1.807) is 42.7 Å². The third-order valence-electron chi connectivity index (χ3n) is 5.14. The van der Waals surface area contributed by atoms with E-state index in [1.165, 1.54) is 16.2 Å². The van der Waals surface area contributed by atoms with Gasteiger partial charge in [0, 0.05) is 29.4 Å². The van der Waals surface area contributed by atoms with Crippen LogP contribution in [0.25, 0.3) is 5.76 Å². The highest BCUT2D eigenvalue weighted by molar-refractivity contribution is 7.10. The van der Waals surface area contributed by atoms with Crippen LogP contribution in [0.2, 0.25) is 0 Å². The Balaban J connectivity index is 1.71. The number of amides is 1. The molecular weight excluding hydrogens is 424 g/mol. The van der Waals surface area contributed by atoms with Gasteiger partial charge in [0.05, 0.1) is 18.2 Å². The Kier molecular flexibility index (Phi) is 6.37. The van der Waals surface area contributed by atoms with Crippen LogP contribution < -0.4 is 4.74 Å². The van der Waals surface area contributed by atoms with E-state index in [0.29, 0.717) is 23.8 Å². The molecule has 0 unspecified atom stereocenters. The molecule has 7 heteroatoms. The summed E-state index contributed by atoms with van der Waals surface area (Å²) >= 11 is 1.44. The zero-order valence-electron chi connectivity index (χ0n) is 17.9. The molecule has 1 aliphatic heterocycles. The first-order valence-corrected chi connectivity index (χ1v) is 11.3. The molecule has 1 aliphatic rings. The van der Waals surface area contributed by atoms with Crippen LogP contribution >= 0.6 is 11.3 Å². The normalized spacial score (nSPS) is 17.8. The molecule has 1 atom stereocenters. The lowest BCUT2D eigenvalue weighted by molar-refractivity contribution is -0.140. The molecule has 0 radical (unpaired) electrons. The zero-order chi connectivity index (χ0) is 22.7. The fourth-order valence-electron chi connectivity index (χ4n) is 3.60. The second kappa shape index (κ2) is 9.36. The minimum absolute atomic E-state index is 0.0946. The minimum atomic E-state index is -0.690. The van der Waals surface area contributed by atoms with Crippen molar-refractivity contribution in [3.05, 3.63) is 87.9 Å². The number of aliphatic hydroxyl groups is 1. The molecular formula is C25H24N2O4S. The molecule has 0 spiro atoms. The first-order chi connectivity index (χ1) is 15.5. The summed E-state index contributed by atoms with van der Waals surface area (Å²) in [5.74, 6) is -0.437. The zero-order valence-corrected chi connectivity index (χ0v) is 18.7. The molecule has 0 aliphatic carbocycles. The predicted molar refractivity (Wildman–Crippen MR) is 123 cm³/mol. The van der Waals surface area contributed by atoms with Crippen LogP contribution in [0, 0.1) is 5.92 Å². The maximum absolute atomic E-state index is 13.0. The second-order valence-electron chi connectivity index (χ2n) is 8.03. The lowest BCUT2D eigenvalue weighted by Crippen LogP contribution is -2.28. The van der Waals surface area contributed by atoms with Crippen molar-refractivity contribution in [3.8, 4) is 5.75 Å². The Morgan fingerprint density at radius 3 is 2.56 bits per heavy atom. The van der Waals surface area contributed by atoms with Crippen LogP contribution in [0.4, 0.5) is 0 Å². The number of ether oxygens (including phenoxy) is 1. The van der Waals surface area contributed by atoms with E-state index in [4.69, 9.17) is 4.74 Å². The van der Waals surface area contributed by atoms with E-state index in [0.717, 1.165) is 10.4 Å². The fourth-order valence-corrected chi connectivity index (χ4v) is 4.45. The standard InChI is InChI=1S/C25H24N2O4S/c1-16(2)15-31-19-9-7-18(8-10-19)23(28)21-22(20-6-4-12-32-20)27(25(30)24(21)29)14-17-5-3-11-26-13-17/h3-13,16,22,28H,14-15H2,1-2H3/t22-/m0/s1. The number of ketones is 1. The largest absolute Gasteiger partial charge is 0.507 e. The number of hydrogen-bond donors (Lipinski definition) is 1. The van der Waals surface area contributed by atoms with E-state index in [1.807, 2.05) is 23.6 Å². The lowest BCUT2D eigenvalue weighted by atomic mass is 9.99. The summed E-state index contributed by atoms with van der Waals surface area (Å²) in [6.07, 6.45) is 3.32. The van der Waals surface area contributed by atoms with Crippen LogP contribution in [-0.4, -0.2) is 33.3 Å². The number of benzene rings is 1. The van der Waals surface area contributed by atoms with Crippen molar-refractivity contribution in [2.45, 2.75) is 26.4 Å². The van der Waals surface area contributed by atoms with Gasteiger partial charge in [0.1, 0.15) is 11.5 Å². The van der Waals surface area contributed by atoms with Crippen LogP contribution in [0.3, 0.4) is 0 Å². The first-order valence-electron chi connectivity index (χ1n) is 10.4. The molecule has 1 fully saturated rings. The number of likely N-dealkylation sites (tertiary alicyclic amines) is 1. The number of carbonyl (C=O) groups excluding carboxylic acids is 2. The minimum Gasteiger partial charge on any atom is -0.507 e.